The topological polar surface area (TPSA) is 74.5 Å². The minimum atomic E-state index is -0.0609. The van der Waals surface area contributed by atoms with Gasteiger partial charge < -0.3 is 9.73 Å². The number of benzene rings is 2. The fourth-order valence-corrected chi connectivity index (χ4v) is 3.82. The number of hydrogen-bond acceptors (Lipinski definition) is 6. The predicted octanol–water partition coefficient (Wildman–Crippen LogP) is 4.02. The van der Waals surface area contributed by atoms with Gasteiger partial charge in [-0.15, -0.1) is 10.2 Å². The van der Waals surface area contributed by atoms with E-state index in [2.05, 4.69) is 32.2 Å². The Morgan fingerprint density at radius 1 is 1.10 bits per heavy atom. The van der Waals surface area contributed by atoms with Gasteiger partial charge in [0.05, 0.1) is 23.3 Å². The van der Waals surface area contributed by atoms with Crippen LogP contribution in [0.15, 0.2) is 52.9 Å². The third-order valence-corrected chi connectivity index (χ3v) is 5.90. The van der Waals surface area contributed by atoms with Crippen LogP contribution >= 0.6 is 11.6 Å². The number of para-hydroxylation sites is 1. The molecule has 1 saturated heterocycles. The summed E-state index contributed by atoms with van der Waals surface area (Å²) in [4.78, 5) is 16.8. The Kier molecular flexibility index (Phi) is 6.65. The molecule has 162 valence electrons. The van der Waals surface area contributed by atoms with Crippen LogP contribution in [0, 0.1) is 6.92 Å². The summed E-state index contributed by atoms with van der Waals surface area (Å²) in [5.74, 6) is 1.09. The third-order valence-electron chi connectivity index (χ3n) is 5.57. The van der Waals surface area contributed by atoms with Crippen molar-refractivity contribution in [3.63, 3.8) is 0 Å². The number of piperazine rings is 1. The molecule has 31 heavy (non-hydrogen) atoms. The molecule has 0 spiro atoms. The SMILES string of the molecule is Cc1ccc(-c2nnc([C@H](C)N3CCN(CC(=O)Nc4ccccc4Cl)CC3)o2)cc1. The molecule has 4 rings (SSSR count). The standard InChI is InChI=1S/C23H26ClN5O2/c1-16-7-9-18(10-8-16)23-27-26-22(31-23)17(2)29-13-11-28(12-14-29)15-21(30)25-20-6-4-3-5-19(20)24/h3-10,17H,11-15H2,1-2H3,(H,25,30)/t17-/m0/s1. The second-order valence-corrected chi connectivity index (χ2v) is 8.23. The van der Waals surface area contributed by atoms with E-state index in [1.165, 1.54) is 5.56 Å². The van der Waals surface area contributed by atoms with Crippen LogP contribution < -0.4 is 5.32 Å². The summed E-state index contributed by atoms with van der Waals surface area (Å²) < 4.78 is 5.94. The van der Waals surface area contributed by atoms with E-state index in [4.69, 9.17) is 16.0 Å². The van der Waals surface area contributed by atoms with Crippen LogP contribution in [0.2, 0.25) is 5.02 Å². The smallest absolute Gasteiger partial charge is 0.247 e. The molecule has 0 bridgehead atoms. The monoisotopic (exact) mass is 439 g/mol. The maximum absolute atomic E-state index is 12.4. The van der Waals surface area contributed by atoms with Crippen LogP contribution in [-0.2, 0) is 4.79 Å². The zero-order valence-electron chi connectivity index (χ0n) is 17.7. The molecule has 3 aromatic rings. The molecule has 1 amide bonds. The number of anilines is 1. The van der Waals surface area contributed by atoms with E-state index in [1.807, 2.05) is 43.3 Å². The van der Waals surface area contributed by atoms with Crippen molar-refractivity contribution in [2.45, 2.75) is 19.9 Å². The lowest BCUT2D eigenvalue weighted by Crippen LogP contribution is -2.49. The number of aryl methyl sites for hydroxylation is 1. The summed E-state index contributed by atoms with van der Waals surface area (Å²) in [6.07, 6.45) is 0. The first-order valence-electron chi connectivity index (χ1n) is 10.4. The molecule has 2 heterocycles. The number of halogens is 1. The maximum atomic E-state index is 12.4. The summed E-state index contributed by atoms with van der Waals surface area (Å²) >= 11 is 6.12. The minimum Gasteiger partial charge on any atom is -0.419 e. The number of nitrogens with zero attached hydrogens (tertiary/aromatic N) is 4. The molecule has 1 aliphatic heterocycles. The highest BCUT2D eigenvalue weighted by molar-refractivity contribution is 6.33. The highest BCUT2D eigenvalue weighted by Gasteiger charge is 2.26. The van der Waals surface area contributed by atoms with E-state index >= 15 is 0 Å². The Morgan fingerprint density at radius 3 is 2.52 bits per heavy atom. The zero-order chi connectivity index (χ0) is 21.8. The van der Waals surface area contributed by atoms with Crippen molar-refractivity contribution < 1.29 is 9.21 Å². The van der Waals surface area contributed by atoms with Gasteiger partial charge in [-0.25, -0.2) is 0 Å². The molecule has 8 heteroatoms. The highest BCUT2D eigenvalue weighted by atomic mass is 35.5. The molecule has 7 nitrogen and oxygen atoms in total. The van der Waals surface area contributed by atoms with Crippen molar-refractivity contribution in [3.8, 4) is 11.5 Å². The van der Waals surface area contributed by atoms with Gasteiger partial charge in [0, 0.05) is 31.7 Å². The lowest BCUT2D eigenvalue weighted by atomic mass is 10.1. The Hall–Kier alpha value is -2.74. The Bertz CT molecular complexity index is 1030. The van der Waals surface area contributed by atoms with Gasteiger partial charge in [-0.2, -0.15) is 0 Å². The van der Waals surface area contributed by atoms with E-state index in [0.717, 1.165) is 31.7 Å². The van der Waals surface area contributed by atoms with Crippen molar-refractivity contribution >= 4 is 23.2 Å². The molecule has 1 fully saturated rings. The Balaban J connectivity index is 1.29. The minimum absolute atomic E-state index is 0.0193. The van der Waals surface area contributed by atoms with Crippen molar-refractivity contribution in [2.24, 2.45) is 0 Å². The van der Waals surface area contributed by atoms with Crippen molar-refractivity contribution in [3.05, 3.63) is 65.0 Å². The second kappa shape index (κ2) is 9.60. The summed E-state index contributed by atoms with van der Waals surface area (Å²) in [7, 11) is 0. The van der Waals surface area contributed by atoms with E-state index in [-0.39, 0.29) is 11.9 Å². The number of carbonyl (C=O) groups is 1. The molecular formula is C23H26ClN5O2. The van der Waals surface area contributed by atoms with Crippen LogP contribution in [-0.4, -0.2) is 58.6 Å². The highest BCUT2D eigenvalue weighted by Crippen LogP contribution is 2.25. The van der Waals surface area contributed by atoms with E-state index in [1.54, 1.807) is 12.1 Å². The first-order chi connectivity index (χ1) is 15.0. The Morgan fingerprint density at radius 2 is 1.81 bits per heavy atom. The lowest BCUT2D eigenvalue weighted by molar-refractivity contribution is -0.117. The van der Waals surface area contributed by atoms with Gasteiger partial charge in [0.25, 0.3) is 0 Å². The zero-order valence-corrected chi connectivity index (χ0v) is 18.5. The third kappa shape index (κ3) is 5.31. The molecule has 2 aromatic carbocycles. The first kappa shape index (κ1) is 21.5. The lowest BCUT2D eigenvalue weighted by Gasteiger charge is -2.36. The molecule has 1 N–H and O–H groups in total. The predicted molar refractivity (Wildman–Crippen MR) is 121 cm³/mol. The molecule has 0 saturated carbocycles. The molecule has 1 aromatic heterocycles. The van der Waals surface area contributed by atoms with Crippen LogP contribution in [0.1, 0.15) is 24.4 Å². The van der Waals surface area contributed by atoms with Crippen LogP contribution in [0.25, 0.3) is 11.5 Å². The molecular weight excluding hydrogens is 414 g/mol. The fraction of sp³-hybridized carbons (Fsp3) is 0.348. The average Bonchev–Trinajstić information content (AvgIpc) is 3.26. The van der Waals surface area contributed by atoms with Gasteiger partial charge in [0.2, 0.25) is 17.7 Å². The number of nitrogens with one attached hydrogen (secondary N) is 1. The molecule has 0 aliphatic carbocycles. The van der Waals surface area contributed by atoms with Gasteiger partial charge in [-0.3, -0.25) is 14.6 Å². The number of amides is 1. The quantitative estimate of drug-likeness (QED) is 0.625. The summed E-state index contributed by atoms with van der Waals surface area (Å²) in [5.41, 5.74) is 2.75. The maximum Gasteiger partial charge on any atom is 0.247 e. The number of rotatable bonds is 6. The Labute approximate surface area is 187 Å². The largest absolute Gasteiger partial charge is 0.419 e. The first-order valence-corrected chi connectivity index (χ1v) is 10.8. The van der Waals surface area contributed by atoms with Crippen LogP contribution in [0.3, 0.4) is 0 Å². The number of hydrogen-bond donors (Lipinski definition) is 1. The normalized spacial score (nSPS) is 16.2. The van der Waals surface area contributed by atoms with Crippen LogP contribution in [0.5, 0.6) is 0 Å². The van der Waals surface area contributed by atoms with Gasteiger partial charge in [0.1, 0.15) is 0 Å². The molecule has 0 unspecified atom stereocenters. The van der Waals surface area contributed by atoms with Crippen molar-refractivity contribution in [2.75, 3.05) is 38.0 Å². The van der Waals surface area contributed by atoms with E-state index in [9.17, 15) is 4.79 Å². The number of carbonyl (C=O) groups excluding carboxylic acids is 1. The molecule has 1 aliphatic rings. The molecule has 1 atom stereocenters. The summed E-state index contributed by atoms with van der Waals surface area (Å²) in [6.45, 7) is 7.69. The van der Waals surface area contributed by atoms with E-state index < -0.39 is 0 Å². The van der Waals surface area contributed by atoms with Gasteiger partial charge in [-0.1, -0.05) is 41.4 Å². The fourth-order valence-electron chi connectivity index (χ4n) is 3.64. The molecule has 0 radical (unpaired) electrons. The van der Waals surface area contributed by atoms with Crippen molar-refractivity contribution in [1.82, 2.24) is 20.0 Å². The summed E-state index contributed by atoms with van der Waals surface area (Å²) in [6, 6.07) is 15.3. The van der Waals surface area contributed by atoms with Gasteiger partial charge >= 0.3 is 0 Å². The summed E-state index contributed by atoms with van der Waals surface area (Å²) in [5, 5.41) is 11.9. The second-order valence-electron chi connectivity index (χ2n) is 7.83. The van der Waals surface area contributed by atoms with E-state index in [0.29, 0.717) is 29.0 Å². The van der Waals surface area contributed by atoms with Gasteiger partial charge in [-0.05, 0) is 38.1 Å². The number of aromatic nitrogens is 2. The average molecular weight is 440 g/mol. The van der Waals surface area contributed by atoms with Gasteiger partial charge in [0.15, 0.2) is 0 Å². The van der Waals surface area contributed by atoms with Crippen molar-refractivity contribution in [1.29, 1.82) is 0 Å². The van der Waals surface area contributed by atoms with Crippen LogP contribution in [0.4, 0.5) is 5.69 Å².